The molecule has 21 heavy (non-hydrogen) atoms. The minimum Gasteiger partial charge on any atom is -0.382 e. The molecule has 0 saturated carbocycles. The summed E-state index contributed by atoms with van der Waals surface area (Å²) in [5.41, 5.74) is 1.77. The van der Waals surface area contributed by atoms with Gasteiger partial charge in [0.25, 0.3) is 5.91 Å². The number of ether oxygens (including phenoxy) is 1. The second-order valence-corrected chi connectivity index (χ2v) is 6.14. The molecule has 1 aromatic rings. The third kappa shape index (κ3) is 3.63. The van der Waals surface area contributed by atoms with E-state index in [1.165, 1.54) is 0 Å². The van der Waals surface area contributed by atoms with Crippen LogP contribution in [0.5, 0.6) is 0 Å². The standard InChI is InChI=1S/C15H17BrN2O3/c16-11-4-1-3-10(7-11)13-8-14(21-18-13)15(19)17-9-12-5-2-6-20-12/h1,3-4,7,12,14H,2,5-6,8-9H2,(H,17,19)/t12-,14-/m0/s1. The average Bonchev–Trinajstić information content (AvgIpc) is 3.16. The van der Waals surface area contributed by atoms with Gasteiger partial charge in [0.1, 0.15) is 0 Å². The Bertz CT molecular complexity index is 556. The van der Waals surface area contributed by atoms with Crippen LogP contribution < -0.4 is 5.32 Å². The molecule has 5 nitrogen and oxygen atoms in total. The summed E-state index contributed by atoms with van der Waals surface area (Å²) >= 11 is 3.43. The first-order chi connectivity index (χ1) is 10.2. The van der Waals surface area contributed by atoms with Gasteiger partial charge in [0.05, 0.1) is 11.8 Å². The van der Waals surface area contributed by atoms with E-state index in [2.05, 4.69) is 26.4 Å². The molecule has 2 heterocycles. The number of nitrogens with zero attached hydrogens (tertiary/aromatic N) is 1. The van der Waals surface area contributed by atoms with Crippen molar-refractivity contribution in [2.75, 3.05) is 13.2 Å². The number of carbonyl (C=O) groups is 1. The molecule has 2 aliphatic rings. The summed E-state index contributed by atoms with van der Waals surface area (Å²) < 4.78 is 6.46. The lowest BCUT2D eigenvalue weighted by Crippen LogP contribution is -2.39. The lowest BCUT2D eigenvalue weighted by Gasteiger charge is -2.13. The molecule has 1 N–H and O–H groups in total. The highest BCUT2D eigenvalue weighted by atomic mass is 79.9. The summed E-state index contributed by atoms with van der Waals surface area (Å²) in [5.74, 6) is -0.126. The second kappa shape index (κ2) is 6.58. The maximum atomic E-state index is 12.1. The Morgan fingerprint density at radius 2 is 2.38 bits per heavy atom. The number of amides is 1. The summed E-state index contributed by atoms with van der Waals surface area (Å²) in [4.78, 5) is 17.3. The van der Waals surface area contributed by atoms with Gasteiger partial charge < -0.3 is 14.9 Å². The number of benzene rings is 1. The second-order valence-electron chi connectivity index (χ2n) is 5.23. The maximum Gasteiger partial charge on any atom is 0.264 e. The van der Waals surface area contributed by atoms with Crippen molar-refractivity contribution in [1.82, 2.24) is 5.32 Å². The summed E-state index contributed by atoms with van der Waals surface area (Å²) in [6.45, 7) is 1.33. The first-order valence-corrected chi connectivity index (χ1v) is 7.89. The van der Waals surface area contributed by atoms with Crippen molar-refractivity contribution in [3.63, 3.8) is 0 Å². The van der Waals surface area contributed by atoms with Crippen LogP contribution >= 0.6 is 15.9 Å². The number of rotatable bonds is 4. The SMILES string of the molecule is O=C(NC[C@@H]1CCCO1)[C@@H]1CC(c2cccc(Br)c2)=NO1. The zero-order valence-corrected chi connectivity index (χ0v) is 13.1. The highest BCUT2D eigenvalue weighted by Crippen LogP contribution is 2.20. The van der Waals surface area contributed by atoms with E-state index < -0.39 is 6.10 Å². The van der Waals surface area contributed by atoms with Crippen molar-refractivity contribution in [3.05, 3.63) is 34.3 Å². The highest BCUT2D eigenvalue weighted by molar-refractivity contribution is 9.10. The molecule has 112 valence electrons. The summed E-state index contributed by atoms with van der Waals surface area (Å²) in [6, 6.07) is 7.81. The average molecular weight is 353 g/mol. The van der Waals surface area contributed by atoms with Crippen LogP contribution in [0, 0.1) is 0 Å². The van der Waals surface area contributed by atoms with Crippen molar-refractivity contribution in [3.8, 4) is 0 Å². The Hall–Kier alpha value is -1.40. The number of oxime groups is 1. The summed E-state index contributed by atoms with van der Waals surface area (Å²) in [6.07, 6.45) is 2.16. The van der Waals surface area contributed by atoms with Crippen LogP contribution in [0.3, 0.4) is 0 Å². The Morgan fingerprint density at radius 1 is 1.48 bits per heavy atom. The van der Waals surface area contributed by atoms with Gasteiger partial charge in [-0.3, -0.25) is 4.79 Å². The van der Waals surface area contributed by atoms with Crippen molar-refractivity contribution >= 4 is 27.5 Å². The van der Waals surface area contributed by atoms with E-state index >= 15 is 0 Å². The largest absolute Gasteiger partial charge is 0.382 e. The smallest absolute Gasteiger partial charge is 0.264 e. The molecule has 0 bridgehead atoms. The van der Waals surface area contributed by atoms with Crippen LogP contribution in [-0.4, -0.2) is 37.0 Å². The molecule has 1 saturated heterocycles. The van der Waals surface area contributed by atoms with Crippen LogP contribution in [0.4, 0.5) is 0 Å². The third-order valence-electron chi connectivity index (χ3n) is 3.65. The van der Waals surface area contributed by atoms with Crippen molar-refractivity contribution in [2.24, 2.45) is 5.16 Å². The Labute approximate surface area is 131 Å². The molecule has 0 spiro atoms. The highest BCUT2D eigenvalue weighted by Gasteiger charge is 2.29. The van der Waals surface area contributed by atoms with Gasteiger partial charge in [-0.25, -0.2) is 0 Å². The number of hydrogen-bond donors (Lipinski definition) is 1. The van der Waals surface area contributed by atoms with E-state index in [-0.39, 0.29) is 12.0 Å². The molecule has 0 aliphatic carbocycles. The van der Waals surface area contributed by atoms with Crippen molar-refractivity contribution in [1.29, 1.82) is 0 Å². The quantitative estimate of drug-likeness (QED) is 0.903. The van der Waals surface area contributed by atoms with Gasteiger partial charge >= 0.3 is 0 Å². The topological polar surface area (TPSA) is 59.9 Å². The van der Waals surface area contributed by atoms with Crippen LogP contribution in [0.25, 0.3) is 0 Å². The van der Waals surface area contributed by atoms with E-state index in [9.17, 15) is 4.79 Å². The van der Waals surface area contributed by atoms with E-state index in [0.717, 1.165) is 35.2 Å². The Kier molecular flexibility index (Phi) is 4.55. The Balaban J connectivity index is 1.52. The van der Waals surface area contributed by atoms with Crippen molar-refractivity contribution in [2.45, 2.75) is 31.5 Å². The fourth-order valence-electron chi connectivity index (χ4n) is 2.49. The third-order valence-corrected chi connectivity index (χ3v) is 4.14. The number of carbonyl (C=O) groups excluding carboxylic acids is 1. The van der Waals surface area contributed by atoms with Gasteiger partial charge in [0, 0.05) is 29.6 Å². The molecule has 2 atom stereocenters. The lowest BCUT2D eigenvalue weighted by molar-refractivity contribution is -0.131. The van der Waals surface area contributed by atoms with Gasteiger partial charge in [-0.05, 0) is 25.0 Å². The fraction of sp³-hybridized carbons (Fsp3) is 0.467. The molecule has 0 radical (unpaired) electrons. The van der Waals surface area contributed by atoms with Gasteiger partial charge in [0.2, 0.25) is 6.10 Å². The van der Waals surface area contributed by atoms with E-state index in [1.807, 2.05) is 24.3 Å². The number of nitrogens with one attached hydrogen (secondary N) is 1. The molecule has 3 rings (SSSR count). The first kappa shape index (κ1) is 14.5. The monoisotopic (exact) mass is 352 g/mol. The lowest BCUT2D eigenvalue weighted by atomic mass is 10.0. The van der Waals surface area contributed by atoms with Crippen LogP contribution in [0.2, 0.25) is 0 Å². The molecular formula is C15H17BrN2O3. The maximum absolute atomic E-state index is 12.1. The fourth-order valence-corrected chi connectivity index (χ4v) is 2.89. The number of hydrogen-bond acceptors (Lipinski definition) is 4. The zero-order chi connectivity index (χ0) is 14.7. The number of halogens is 1. The molecule has 0 unspecified atom stereocenters. The van der Waals surface area contributed by atoms with Gasteiger partial charge in [-0.1, -0.05) is 33.2 Å². The molecule has 0 aromatic heterocycles. The van der Waals surface area contributed by atoms with Gasteiger partial charge in [0.15, 0.2) is 0 Å². The normalized spacial score (nSPS) is 24.5. The van der Waals surface area contributed by atoms with E-state index in [4.69, 9.17) is 9.57 Å². The molecular weight excluding hydrogens is 336 g/mol. The summed E-state index contributed by atoms with van der Waals surface area (Å²) in [7, 11) is 0. The predicted octanol–water partition coefficient (Wildman–Crippen LogP) is 2.24. The molecule has 2 aliphatic heterocycles. The zero-order valence-electron chi connectivity index (χ0n) is 11.5. The van der Waals surface area contributed by atoms with Crippen molar-refractivity contribution < 1.29 is 14.4 Å². The first-order valence-electron chi connectivity index (χ1n) is 7.10. The van der Waals surface area contributed by atoms with Gasteiger partial charge in [-0.2, -0.15) is 0 Å². The van der Waals surface area contributed by atoms with E-state index in [0.29, 0.717) is 13.0 Å². The van der Waals surface area contributed by atoms with E-state index in [1.54, 1.807) is 0 Å². The van der Waals surface area contributed by atoms with Gasteiger partial charge in [-0.15, -0.1) is 0 Å². The molecule has 1 amide bonds. The van der Waals surface area contributed by atoms with Crippen LogP contribution in [0.15, 0.2) is 33.9 Å². The Morgan fingerprint density at radius 3 is 3.14 bits per heavy atom. The summed E-state index contributed by atoms with van der Waals surface area (Å²) in [5, 5.41) is 6.91. The predicted molar refractivity (Wildman–Crippen MR) is 82.2 cm³/mol. The molecule has 6 heteroatoms. The van der Waals surface area contributed by atoms with Crippen LogP contribution in [0.1, 0.15) is 24.8 Å². The van der Waals surface area contributed by atoms with Crippen LogP contribution in [-0.2, 0) is 14.4 Å². The molecule has 1 aromatic carbocycles. The minimum atomic E-state index is -0.541. The molecule has 1 fully saturated rings. The minimum absolute atomic E-state index is 0.126.